The van der Waals surface area contributed by atoms with E-state index < -0.39 is 0 Å². The topological polar surface area (TPSA) is 101 Å². The minimum absolute atomic E-state index is 0.210. The van der Waals surface area contributed by atoms with Gasteiger partial charge in [0, 0.05) is 24.7 Å². The van der Waals surface area contributed by atoms with Crippen molar-refractivity contribution in [1.29, 1.82) is 0 Å². The lowest BCUT2D eigenvalue weighted by atomic mass is 10.2. The van der Waals surface area contributed by atoms with Crippen LogP contribution in [0.4, 0.5) is 0 Å². The normalized spacial score (nSPS) is 9.65. The monoisotopic (exact) mass is 272 g/mol. The largest absolute Gasteiger partial charge is 0.384 e. The van der Waals surface area contributed by atoms with E-state index in [-0.39, 0.29) is 12.5 Å². The molecular formula is C13H12N4O3. The number of amides is 1. The molecule has 1 amide bonds. The van der Waals surface area contributed by atoms with Crippen LogP contribution in [0.2, 0.25) is 0 Å². The average molecular weight is 272 g/mol. The number of carbonyl (C=O) groups excluding carboxylic acids is 1. The predicted molar refractivity (Wildman–Crippen MR) is 68.5 cm³/mol. The zero-order chi connectivity index (χ0) is 14.2. The van der Waals surface area contributed by atoms with Crippen LogP contribution in [-0.2, 0) is 6.42 Å². The van der Waals surface area contributed by atoms with Crippen molar-refractivity contribution in [2.45, 2.75) is 6.42 Å². The minimum atomic E-state index is -0.286. The molecule has 0 aliphatic heterocycles. The van der Waals surface area contributed by atoms with Crippen molar-refractivity contribution in [2.75, 3.05) is 13.2 Å². The SMILES string of the molecule is O=C(NCCc1ncno1)c1ccc(C#CCO)cn1. The van der Waals surface area contributed by atoms with Crippen LogP contribution in [0, 0.1) is 11.8 Å². The second-order valence-corrected chi connectivity index (χ2v) is 3.73. The third-order valence-corrected chi connectivity index (χ3v) is 2.34. The average Bonchev–Trinajstić information content (AvgIpc) is 2.99. The number of hydrogen-bond acceptors (Lipinski definition) is 6. The quantitative estimate of drug-likeness (QED) is 0.746. The molecule has 0 spiro atoms. The summed E-state index contributed by atoms with van der Waals surface area (Å²) in [6, 6.07) is 3.24. The molecule has 20 heavy (non-hydrogen) atoms. The number of aliphatic hydroxyl groups excluding tert-OH is 1. The summed E-state index contributed by atoms with van der Waals surface area (Å²) in [6.07, 6.45) is 3.26. The van der Waals surface area contributed by atoms with Gasteiger partial charge in [0.25, 0.3) is 5.91 Å². The summed E-state index contributed by atoms with van der Waals surface area (Å²) in [5.74, 6) is 5.38. The van der Waals surface area contributed by atoms with Crippen LogP contribution in [0.5, 0.6) is 0 Å². The highest BCUT2D eigenvalue weighted by atomic mass is 16.5. The smallest absolute Gasteiger partial charge is 0.269 e. The Morgan fingerprint density at radius 3 is 2.95 bits per heavy atom. The first-order chi connectivity index (χ1) is 9.79. The van der Waals surface area contributed by atoms with E-state index in [1.54, 1.807) is 12.1 Å². The fourth-order valence-corrected chi connectivity index (χ4v) is 1.42. The molecule has 2 N–H and O–H groups in total. The molecule has 2 aromatic rings. The molecule has 102 valence electrons. The number of aromatic nitrogens is 3. The molecule has 0 unspecified atom stereocenters. The Kier molecular flexibility index (Phi) is 4.81. The number of hydrogen-bond donors (Lipinski definition) is 2. The summed E-state index contributed by atoms with van der Waals surface area (Å²) in [4.78, 5) is 19.6. The van der Waals surface area contributed by atoms with Gasteiger partial charge in [0.1, 0.15) is 12.3 Å². The van der Waals surface area contributed by atoms with Gasteiger partial charge in [-0.15, -0.1) is 0 Å². The zero-order valence-corrected chi connectivity index (χ0v) is 10.5. The Hall–Kier alpha value is -2.72. The standard InChI is InChI=1S/C13H12N4O3/c18-7-1-2-10-3-4-11(15-8-10)13(19)14-6-5-12-16-9-17-20-12/h3-4,8-9,18H,5-7H2,(H,14,19). The van der Waals surface area contributed by atoms with Crippen LogP contribution in [-0.4, -0.2) is 39.3 Å². The highest BCUT2D eigenvalue weighted by Gasteiger charge is 2.07. The minimum Gasteiger partial charge on any atom is -0.384 e. The highest BCUT2D eigenvalue weighted by Crippen LogP contribution is 1.99. The summed E-state index contributed by atoms with van der Waals surface area (Å²) in [5, 5.41) is 14.7. The maximum absolute atomic E-state index is 11.8. The number of pyridine rings is 1. The second-order valence-electron chi connectivity index (χ2n) is 3.73. The third kappa shape index (κ3) is 3.90. The summed E-state index contributed by atoms with van der Waals surface area (Å²) in [5.41, 5.74) is 0.937. The Morgan fingerprint density at radius 2 is 2.30 bits per heavy atom. The van der Waals surface area contributed by atoms with Crippen molar-refractivity contribution in [3.8, 4) is 11.8 Å². The third-order valence-electron chi connectivity index (χ3n) is 2.34. The van der Waals surface area contributed by atoms with Gasteiger partial charge in [0.2, 0.25) is 5.89 Å². The molecule has 0 aliphatic rings. The molecule has 7 nitrogen and oxygen atoms in total. The van der Waals surface area contributed by atoms with Crippen molar-refractivity contribution in [1.82, 2.24) is 20.4 Å². The van der Waals surface area contributed by atoms with Crippen LogP contribution in [0.15, 0.2) is 29.2 Å². The maximum atomic E-state index is 11.8. The molecule has 0 aliphatic carbocycles. The molecule has 0 radical (unpaired) electrons. The van der Waals surface area contributed by atoms with Crippen LogP contribution in [0.1, 0.15) is 21.9 Å². The Morgan fingerprint density at radius 1 is 1.40 bits per heavy atom. The molecule has 0 saturated carbocycles. The Bertz CT molecular complexity index is 611. The number of rotatable bonds is 4. The number of aliphatic hydroxyl groups is 1. The van der Waals surface area contributed by atoms with E-state index in [2.05, 4.69) is 32.3 Å². The van der Waals surface area contributed by atoms with Gasteiger partial charge in [-0.1, -0.05) is 17.0 Å². The lowest BCUT2D eigenvalue weighted by Gasteiger charge is -2.02. The first-order valence-electron chi connectivity index (χ1n) is 5.89. The summed E-state index contributed by atoms with van der Waals surface area (Å²) in [7, 11) is 0. The van der Waals surface area contributed by atoms with Gasteiger partial charge in [0.05, 0.1) is 0 Å². The predicted octanol–water partition coefficient (Wildman–Crippen LogP) is -0.219. The van der Waals surface area contributed by atoms with E-state index in [0.717, 1.165) is 0 Å². The fraction of sp³-hybridized carbons (Fsp3) is 0.231. The van der Waals surface area contributed by atoms with Gasteiger partial charge in [-0.3, -0.25) is 4.79 Å². The number of carbonyl (C=O) groups is 1. The van der Waals surface area contributed by atoms with Crippen molar-refractivity contribution in [2.24, 2.45) is 0 Å². The van der Waals surface area contributed by atoms with E-state index >= 15 is 0 Å². The molecule has 0 bridgehead atoms. The van der Waals surface area contributed by atoms with Crippen LogP contribution in [0.25, 0.3) is 0 Å². The van der Waals surface area contributed by atoms with Gasteiger partial charge in [0.15, 0.2) is 6.33 Å². The molecule has 2 heterocycles. The number of nitrogens with zero attached hydrogens (tertiary/aromatic N) is 3. The van der Waals surface area contributed by atoms with Crippen LogP contribution >= 0.6 is 0 Å². The summed E-state index contributed by atoms with van der Waals surface area (Å²) in [6.45, 7) is 0.173. The molecule has 0 aromatic carbocycles. The molecule has 2 aromatic heterocycles. The van der Waals surface area contributed by atoms with E-state index in [0.29, 0.717) is 30.1 Å². The Balaban J connectivity index is 1.85. The molecule has 0 fully saturated rings. The van der Waals surface area contributed by atoms with Crippen LogP contribution in [0.3, 0.4) is 0 Å². The van der Waals surface area contributed by atoms with Gasteiger partial charge in [-0.05, 0) is 12.1 Å². The summed E-state index contributed by atoms with van der Waals surface area (Å²) >= 11 is 0. The van der Waals surface area contributed by atoms with Crippen molar-refractivity contribution in [3.63, 3.8) is 0 Å². The van der Waals surface area contributed by atoms with E-state index in [1.165, 1.54) is 12.5 Å². The summed E-state index contributed by atoms with van der Waals surface area (Å²) < 4.78 is 4.81. The second kappa shape index (κ2) is 7.01. The van der Waals surface area contributed by atoms with Crippen molar-refractivity contribution in [3.05, 3.63) is 41.8 Å². The van der Waals surface area contributed by atoms with E-state index in [1.807, 2.05) is 0 Å². The lowest BCUT2D eigenvalue weighted by Crippen LogP contribution is -2.26. The lowest BCUT2D eigenvalue weighted by molar-refractivity contribution is 0.0948. The van der Waals surface area contributed by atoms with Gasteiger partial charge < -0.3 is 14.9 Å². The highest BCUT2D eigenvalue weighted by molar-refractivity contribution is 5.92. The van der Waals surface area contributed by atoms with E-state index in [4.69, 9.17) is 9.63 Å². The zero-order valence-electron chi connectivity index (χ0n) is 10.5. The Labute approximate surface area is 115 Å². The molecular weight excluding hydrogens is 260 g/mol. The molecule has 2 rings (SSSR count). The van der Waals surface area contributed by atoms with Crippen molar-refractivity contribution < 1.29 is 14.4 Å². The van der Waals surface area contributed by atoms with Crippen LogP contribution < -0.4 is 5.32 Å². The van der Waals surface area contributed by atoms with Gasteiger partial charge in [-0.25, -0.2) is 4.98 Å². The molecule has 0 saturated heterocycles. The molecule has 7 heteroatoms. The van der Waals surface area contributed by atoms with Gasteiger partial charge in [-0.2, -0.15) is 4.98 Å². The van der Waals surface area contributed by atoms with Crippen molar-refractivity contribution >= 4 is 5.91 Å². The first kappa shape index (κ1) is 13.7. The molecule has 0 atom stereocenters. The first-order valence-corrected chi connectivity index (χ1v) is 5.89. The number of nitrogens with one attached hydrogen (secondary N) is 1. The maximum Gasteiger partial charge on any atom is 0.269 e. The fourth-order valence-electron chi connectivity index (χ4n) is 1.42. The van der Waals surface area contributed by atoms with Gasteiger partial charge >= 0.3 is 0 Å². The van der Waals surface area contributed by atoms with E-state index in [9.17, 15) is 4.79 Å².